The van der Waals surface area contributed by atoms with Crippen LogP contribution < -0.4 is 4.90 Å². The zero-order chi connectivity index (χ0) is 22.3. The smallest absolute Gasteiger partial charge is 0.311 e. The maximum Gasteiger partial charge on any atom is 0.311 e. The Labute approximate surface area is 187 Å². The van der Waals surface area contributed by atoms with Crippen molar-refractivity contribution in [2.75, 3.05) is 31.1 Å². The van der Waals surface area contributed by atoms with Crippen LogP contribution in [0, 0.1) is 10.1 Å². The van der Waals surface area contributed by atoms with Crippen LogP contribution in [0.15, 0.2) is 72.9 Å². The van der Waals surface area contributed by atoms with Crippen LogP contribution in [0.25, 0.3) is 0 Å². The molecule has 2 aromatic carbocycles. The third kappa shape index (κ3) is 4.84. The normalized spacial score (nSPS) is 13.8. The molecule has 4 rings (SSSR count). The van der Waals surface area contributed by atoms with Crippen molar-refractivity contribution in [1.29, 1.82) is 0 Å². The maximum absolute atomic E-state index is 13.3. The van der Waals surface area contributed by atoms with Crippen molar-refractivity contribution in [2.24, 2.45) is 0 Å². The molecule has 1 fully saturated rings. The Kier molecular flexibility index (Phi) is 6.87. The molecule has 0 atom stereocenters. The number of hydrogen-bond donors (Lipinski definition) is 0. The van der Waals surface area contributed by atoms with Gasteiger partial charge in [-0.15, -0.1) is 0 Å². The van der Waals surface area contributed by atoms with Crippen LogP contribution in [0.4, 0.5) is 17.2 Å². The van der Waals surface area contributed by atoms with Gasteiger partial charge in [-0.05, 0) is 57.1 Å². The molecule has 0 amide bonds. The molecule has 7 heteroatoms. The van der Waals surface area contributed by atoms with Gasteiger partial charge in [0.25, 0.3) is 0 Å². The van der Waals surface area contributed by atoms with Crippen molar-refractivity contribution in [3.05, 3.63) is 94.2 Å². The Morgan fingerprint density at radius 3 is 2.47 bits per heavy atom. The first-order valence-electron chi connectivity index (χ1n) is 10.9. The molecule has 7 nitrogen and oxygen atoms in total. The van der Waals surface area contributed by atoms with Crippen molar-refractivity contribution in [1.82, 2.24) is 9.88 Å². The summed E-state index contributed by atoms with van der Waals surface area (Å²) in [5.74, 6) is 0.136. The highest BCUT2D eigenvalue weighted by atomic mass is 16.6. The first-order valence-corrected chi connectivity index (χ1v) is 10.9. The van der Waals surface area contributed by atoms with Crippen molar-refractivity contribution in [2.45, 2.75) is 19.3 Å². The van der Waals surface area contributed by atoms with E-state index in [4.69, 9.17) is 0 Å². The lowest BCUT2D eigenvalue weighted by atomic mass is 10.0. The third-order valence-corrected chi connectivity index (χ3v) is 5.75. The number of ketones is 1. The number of benzene rings is 2. The van der Waals surface area contributed by atoms with Gasteiger partial charge in [-0.3, -0.25) is 14.9 Å². The van der Waals surface area contributed by atoms with Gasteiger partial charge in [-0.25, -0.2) is 4.98 Å². The fourth-order valence-electron chi connectivity index (χ4n) is 4.18. The van der Waals surface area contributed by atoms with Gasteiger partial charge in [0.1, 0.15) is 0 Å². The van der Waals surface area contributed by atoms with E-state index in [-0.39, 0.29) is 17.3 Å². The lowest BCUT2D eigenvalue weighted by Gasteiger charge is -2.26. The first kappa shape index (κ1) is 21.6. The predicted molar refractivity (Wildman–Crippen MR) is 125 cm³/mol. The van der Waals surface area contributed by atoms with Gasteiger partial charge < -0.3 is 9.80 Å². The molecule has 1 aliphatic rings. The molecule has 1 aliphatic heterocycles. The number of rotatable bonds is 9. The van der Waals surface area contributed by atoms with Gasteiger partial charge in [-0.1, -0.05) is 42.5 Å². The van der Waals surface area contributed by atoms with E-state index in [2.05, 4.69) is 9.88 Å². The minimum absolute atomic E-state index is 0.0735. The highest BCUT2D eigenvalue weighted by molar-refractivity contribution is 6.12. The minimum atomic E-state index is -0.419. The van der Waals surface area contributed by atoms with Crippen LogP contribution in [0.2, 0.25) is 0 Å². The summed E-state index contributed by atoms with van der Waals surface area (Å²) in [7, 11) is 0. The molecule has 2 heterocycles. The Morgan fingerprint density at radius 1 is 1.00 bits per heavy atom. The molecule has 0 N–H and O–H groups in total. The Hall–Kier alpha value is -3.58. The van der Waals surface area contributed by atoms with Crippen molar-refractivity contribution in [3.8, 4) is 0 Å². The van der Waals surface area contributed by atoms with E-state index in [1.54, 1.807) is 30.5 Å². The zero-order valence-corrected chi connectivity index (χ0v) is 17.9. The topological polar surface area (TPSA) is 79.6 Å². The molecule has 164 valence electrons. The van der Waals surface area contributed by atoms with Crippen LogP contribution in [0.5, 0.6) is 0 Å². The van der Waals surface area contributed by atoms with E-state index in [0.29, 0.717) is 23.4 Å². The Morgan fingerprint density at radius 2 is 1.72 bits per heavy atom. The number of aromatic nitrogens is 1. The average Bonchev–Trinajstić information content (AvgIpc) is 3.36. The van der Waals surface area contributed by atoms with Crippen LogP contribution in [-0.2, 0) is 0 Å². The van der Waals surface area contributed by atoms with E-state index in [1.165, 1.54) is 18.9 Å². The Bertz CT molecular complexity index is 1080. The fraction of sp³-hybridized carbons (Fsp3) is 0.280. The Balaban J connectivity index is 1.72. The number of pyridine rings is 1. The molecule has 3 aromatic rings. The fourth-order valence-corrected chi connectivity index (χ4v) is 4.18. The minimum Gasteiger partial charge on any atom is -0.320 e. The van der Waals surface area contributed by atoms with Crippen LogP contribution in [0.1, 0.15) is 35.2 Å². The second kappa shape index (κ2) is 10.2. The van der Waals surface area contributed by atoms with E-state index in [0.717, 1.165) is 26.1 Å². The van der Waals surface area contributed by atoms with E-state index in [9.17, 15) is 14.9 Å². The third-order valence-electron chi connectivity index (χ3n) is 5.75. The van der Waals surface area contributed by atoms with Gasteiger partial charge in [0.05, 0.1) is 10.6 Å². The summed E-state index contributed by atoms with van der Waals surface area (Å²) in [6.07, 6.45) is 4.78. The van der Waals surface area contributed by atoms with Gasteiger partial charge >= 0.3 is 5.69 Å². The molecule has 1 saturated heterocycles. The molecule has 0 unspecified atom stereocenters. The summed E-state index contributed by atoms with van der Waals surface area (Å²) in [5, 5.41) is 11.7. The lowest BCUT2D eigenvalue weighted by molar-refractivity contribution is -0.384. The summed E-state index contributed by atoms with van der Waals surface area (Å²) < 4.78 is 0. The first-order chi connectivity index (χ1) is 15.6. The van der Waals surface area contributed by atoms with Crippen molar-refractivity contribution >= 4 is 23.0 Å². The number of nitrogens with zero attached hydrogens (tertiary/aromatic N) is 4. The van der Waals surface area contributed by atoms with E-state index >= 15 is 0 Å². The SMILES string of the molecule is O=C(c1ccccc1)c1ccccc1N(CCCN1CCCC1)c1ncccc1[N+](=O)[O-]. The second-order valence-electron chi connectivity index (χ2n) is 7.87. The molecule has 0 radical (unpaired) electrons. The van der Waals surface area contributed by atoms with Gasteiger partial charge in [-0.2, -0.15) is 0 Å². The summed E-state index contributed by atoms with van der Waals surface area (Å²) in [6.45, 7) is 3.61. The number of likely N-dealkylation sites (tertiary alicyclic amines) is 1. The molecule has 1 aromatic heterocycles. The molecule has 0 spiro atoms. The number of carbonyl (C=O) groups excluding carboxylic acids is 1. The standard InChI is InChI=1S/C25H26N4O3/c30-24(20-10-2-1-3-11-20)21-12-4-5-13-22(21)28(19-9-18-27-16-6-7-17-27)25-23(29(31)32)14-8-15-26-25/h1-5,8,10-15H,6-7,9,16-19H2. The summed E-state index contributed by atoms with van der Waals surface area (Å²) >= 11 is 0. The van der Waals surface area contributed by atoms with Crippen LogP contribution in [0.3, 0.4) is 0 Å². The maximum atomic E-state index is 13.3. The molecule has 32 heavy (non-hydrogen) atoms. The highest BCUT2D eigenvalue weighted by Crippen LogP contribution is 2.34. The zero-order valence-electron chi connectivity index (χ0n) is 17.9. The molecule has 0 saturated carbocycles. The summed E-state index contributed by atoms with van der Waals surface area (Å²) in [5.41, 5.74) is 1.63. The van der Waals surface area contributed by atoms with E-state index in [1.807, 2.05) is 41.3 Å². The average molecular weight is 431 g/mol. The van der Waals surface area contributed by atoms with Crippen molar-refractivity contribution in [3.63, 3.8) is 0 Å². The van der Waals surface area contributed by atoms with Gasteiger partial charge in [0.2, 0.25) is 5.82 Å². The van der Waals surface area contributed by atoms with Crippen molar-refractivity contribution < 1.29 is 9.72 Å². The molecular formula is C25H26N4O3. The predicted octanol–water partition coefficient (Wildman–Crippen LogP) is 4.84. The number of carbonyl (C=O) groups is 1. The number of nitro groups is 1. The number of para-hydroxylation sites is 1. The van der Waals surface area contributed by atoms with Crippen LogP contribution in [-0.4, -0.2) is 46.8 Å². The molecule has 0 bridgehead atoms. The van der Waals surface area contributed by atoms with Gasteiger partial charge in [0.15, 0.2) is 5.78 Å². The molecular weight excluding hydrogens is 404 g/mol. The largest absolute Gasteiger partial charge is 0.320 e. The number of anilines is 2. The monoisotopic (exact) mass is 430 g/mol. The lowest BCUT2D eigenvalue weighted by Crippen LogP contribution is -2.28. The highest BCUT2D eigenvalue weighted by Gasteiger charge is 2.26. The van der Waals surface area contributed by atoms with Gasteiger partial charge in [0, 0.05) is 29.9 Å². The van der Waals surface area contributed by atoms with Crippen LogP contribution >= 0.6 is 0 Å². The summed E-state index contributed by atoms with van der Waals surface area (Å²) in [4.78, 5) is 33.2. The second-order valence-corrected chi connectivity index (χ2v) is 7.87. The quantitative estimate of drug-likeness (QED) is 0.274. The van der Waals surface area contributed by atoms with E-state index < -0.39 is 4.92 Å². The molecule has 0 aliphatic carbocycles. The summed E-state index contributed by atoms with van der Waals surface area (Å²) in [6, 6.07) is 19.4. The number of hydrogen-bond acceptors (Lipinski definition) is 6.